The maximum absolute atomic E-state index is 13.0. The molecule has 3 rings (SSSR count). The van der Waals surface area contributed by atoms with Gasteiger partial charge in [-0.1, -0.05) is 48.6 Å². The largest absolute Gasteiger partial charge is 0.279 e. The lowest BCUT2D eigenvalue weighted by Gasteiger charge is -2.39. The number of carbonyl (C=O) groups is 1. The van der Waals surface area contributed by atoms with Gasteiger partial charge < -0.3 is 0 Å². The summed E-state index contributed by atoms with van der Waals surface area (Å²) in [7, 11) is 0. The van der Waals surface area contributed by atoms with Gasteiger partial charge in [0.25, 0.3) is 0 Å². The Bertz CT molecular complexity index is 748. The zero-order chi connectivity index (χ0) is 15.2. The molecule has 0 atom stereocenters. The number of nitrogens with zero attached hydrogens (tertiary/aromatic N) is 1. The van der Waals surface area contributed by atoms with Gasteiger partial charge in [0, 0.05) is 10.4 Å². The predicted molar refractivity (Wildman–Crippen MR) is 90.2 cm³/mol. The summed E-state index contributed by atoms with van der Waals surface area (Å²) in [6, 6.07) is 15.8. The van der Waals surface area contributed by atoms with Gasteiger partial charge in [-0.25, -0.2) is 0 Å². The van der Waals surface area contributed by atoms with Crippen molar-refractivity contribution in [3.8, 4) is 0 Å². The summed E-state index contributed by atoms with van der Waals surface area (Å²) in [5.74, 6) is 0.0282. The van der Waals surface area contributed by atoms with Gasteiger partial charge in [0.15, 0.2) is 0 Å². The first-order valence-corrected chi connectivity index (χ1v) is 7.39. The Hall–Kier alpha value is -2.00. The molecule has 2 nitrogen and oxygen atoms in total. The number of aryl methyl sites for hydroxylation is 1. The molecule has 0 aromatic heterocycles. The zero-order valence-corrected chi connectivity index (χ0v) is 13.2. The van der Waals surface area contributed by atoms with E-state index in [-0.39, 0.29) is 5.91 Å². The van der Waals surface area contributed by atoms with Gasteiger partial charge in [-0.2, -0.15) is 0 Å². The van der Waals surface area contributed by atoms with Gasteiger partial charge >= 0.3 is 0 Å². The number of hydrogen-bond donors (Lipinski definition) is 0. The fraction of sp³-hybridized carbons (Fsp3) is 0.222. The molecule has 0 bridgehead atoms. The third-order valence-corrected chi connectivity index (χ3v) is 4.78. The first kappa shape index (κ1) is 14.0. The number of hydrogen-bond acceptors (Lipinski definition) is 2. The van der Waals surface area contributed by atoms with Crippen LogP contribution in [0.5, 0.6) is 0 Å². The van der Waals surface area contributed by atoms with Crippen LogP contribution in [0.25, 0.3) is 0 Å². The molecule has 2 aromatic rings. The normalized spacial score (nSPS) is 16.8. The number of benzene rings is 2. The van der Waals surface area contributed by atoms with E-state index < -0.39 is 5.41 Å². The van der Waals surface area contributed by atoms with Gasteiger partial charge in [-0.05, 0) is 38.5 Å². The third-order valence-electron chi connectivity index (χ3n) is 4.05. The van der Waals surface area contributed by atoms with Crippen LogP contribution in [0.2, 0.25) is 0 Å². The first-order chi connectivity index (χ1) is 9.94. The summed E-state index contributed by atoms with van der Waals surface area (Å²) in [6.07, 6.45) is 0. The van der Waals surface area contributed by atoms with E-state index in [0.717, 1.165) is 22.5 Å². The molecule has 0 N–H and O–H groups in total. The second-order valence-electron chi connectivity index (χ2n) is 5.90. The van der Waals surface area contributed by atoms with Gasteiger partial charge in [-0.15, -0.1) is 0 Å². The molecule has 0 saturated carbocycles. The van der Waals surface area contributed by atoms with Crippen molar-refractivity contribution < 1.29 is 4.79 Å². The summed E-state index contributed by atoms with van der Waals surface area (Å²) in [6.45, 7) is 5.82. The highest BCUT2D eigenvalue weighted by Gasteiger charge is 2.43. The van der Waals surface area contributed by atoms with E-state index in [4.69, 9.17) is 12.2 Å². The van der Waals surface area contributed by atoms with E-state index in [1.807, 2.05) is 69.3 Å². The Morgan fingerprint density at radius 1 is 0.952 bits per heavy atom. The van der Waals surface area contributed by atoms with Crippen LogP contribution in [0.4, 0.5) is 11.4 Å². The molecule has 1 aliphatic rings. The summed E-state index contributed by atoms with van der Waals surface area (Å²) in [4.78, 5) is 15.5. The molecule has 1 aliphatic heterocycles. The van der Waals surface area contributed by atoms with Crippen molar-refractivity contribution in [2.24, 2.45) is 5.41 Å². The minimum atomic E-state index is -0.675. The van der Waals surface area contributed by atoms with Crippen LogP contribution in [0.15, 0.2) is 48.5 Å². The molecular formula is C18H17NOS. The van der Waals surface area contributed by atoms with Crippen LogP contribution in [-0.2, 0) is 4.79 Å². The minimum Gasteiger partial charge on any atom is -0.279 e. The number of anilines is 2. The van der Waals surface area contributed by atoms with Crippen LogP contribution < -0.4 is 4.90 Å². The molecule has 2 aromatic carbocycles. The van der Waals surface area contributed by atoms with E-state index in [1.165, 1.54) is 0 Å². The average Bonchev–Trinajstić information content (AvgIpc) is 2.48. The Morgan fingerprint density at radius 3 is 2.19 bits per heavy atom. The molecule has 1 heterocycles. The van der Waals surface area contributed by atoms with Crippen molar-refractivity contribution in [1.82, 2.24) is 0 Å². The monoisotopic (exact) mass is 295 g/mol. The molecule has 21 heavy (non-hydrogen) atoms. The lowest BCUT2D eigenvalue weighted by molar-refractivity contribution is -0.122. The second kappa shape index (κ2) is 4.78. The predicted octanol–water partition coefficient (Wildman–Crippen LogP) is 4.42. The fourth-order valence-corrected chi connectivity index (χ4v) is 3.00. The quantitative estimate of drug-likeness (QED) is 0.726. The van der Waals surface area contributed by atoms with Crippen molar-refractivity contribution in [2.45, 2.75) is 20.8 Å². The molecule has 1 amide bonds. The van der Waals surface area contributed by atoms with E-state index >= 15 is 0 Å². The summed E-state index contributed by atoms with van der Waals surface area (Å²) in [5, 5.41) is 0. The van der Waals surface area contributed by atoms with Crippen molar-refractivity contribution in [2.75, 3.05) is 4.90 Å². The summed E-state index contributed by atoms with van der Waals surface area (Å²) in [5.41, 5.74) is 3.17. The van der Waals surface area contributed by atoms with E-state index in [9.17, 15) is 4.79 Å². The van der Waals surface area contributed by atoms with E-state index in [1.54, 1.807) is 4.90 Å². The van der Waals surface area contributed by atoms with Crippen LogP contribution >= 0.6 is 12.2 Å². The Balaban J connectivity index is 2.30. The van der Waals surface area contributed by atoms with Crippen LogP contribution in [0.1, 0.15) is 25.0 Å². The van der Waals surface area contributed by atoms with E-state index in [0.29, 0.717) is 4.86 Å². The fourth-order valence-electron chi connectivity index (χ4n) is 2.74. The molecule has 0 fully saturated rings. The molecule has 106 valence electrons. The molecule has 0 saturated heterocycles. The minimum absolute atomic E-state index is 0.0282. The highest BCUT2D eigenvalue weighted by atomic mass is 32.1. The third kappa shape index (κ3) is 2.00. The van der Waals surface area contributed by atoms with Gasteiger partial charge in [0.2, 0.25) is 5.91 Å². The Kier molecular flexibility index (Phi) is 3.18. The lowest BCUT2D eigenvalue weighted by Crippen LogP contribution is -2.47. The molecule has 0 spiro atoms. The Labute approximate surface area is 130 Å². The molecule has 0 unspecified atom stereocenters. The van der Waals surface area contributed by atoms with E-state index in [2.05, 4.69) is 0 Å². The molecular weight excluding hydrogens is 278 g/mol. The van der Waals surface area contributed by atoms with Crippen molar-refractivity contribution in [1.29, 1.82) is 0 Å². The maximum Gasteiger partial charge on any atom is 0.242 e. The number of amides is 1. The lowest BCUT2D eigenvalue weighted by atomic mass is 9.79. The number of thiocarbonyl (C=S) groups is 1. The number of rotatable bonds is 1. The smallest absolute Gasteiger partial charge is 0.242 e. The SMILES string of the molecule is Cc1ccccc1N1C(=O)C(C)(C)C(=S)c2ccccc21. The van der Waals surface area contributed by atoms with Gasteiger partial charge in [0.1, 0.15) is 0 Å². The molecule has 0 aliphatic carbocycles. The maximum atomic E-state index is 13.0. The molecule has 0 radical (unpaired) electrons. The van der Waals surface area contributed by atoms with Crippen LogP contribution in [0, 0.1) is 12.3 Å². The van der Waals surface area contributed by atoms with Crippen molar-refractivity contribution in [3.05, 3.63) is 59.7 Å². The Morgan fingerprint density at radius 2 is 1.52 bits per heavy atom. The van der Waals surface area contributed by atoms with Gasteiger partial charge in [0.05, 0.1) is 16.8 Å². The van der Waals surface area contributed by atoms with Gasteiger partial charge in [-0.3, -0.25) is 9.69 Å². The standard InChI is InChI=1S/C18H17NOS/c1-12-8-4-6-10-14(12)19-15-11-7-5-9-13(15)16(21)18(2,3)17(19)20/h4-11H,1-3H3. The van der Waals surface area contributed by atoms with Crippen molar-refractivity contribution >= 4 is 34.4 Å². The first-order valence-electron chi connectivity index (χ1n) is 6.98. The van der Waals surface area contributed by atoms with Crippen molar-refractivity contribution in [3.63, 3.8) is 0 Å². The highest BCUT2D eigenvalue weighted by Crippen LogP contribution is 2.42. The molecule has 3 heteroatoms. The number of carbonyl (C=O) groups excluding carboxylic acids is 1. The average molecular weight is 295 g/mol. The summed E-state index contributed by atoms with van der Waals surface area (Å²) >= 11 is 5.56. The highest BCUT2D eigenvalue weighted by molar-refractivity contribution is 7.81. The number of para-hydroxylation sites is 2. The zero-order valence-electron chi connectivity index (χ0n) is 12.4. The summed E-state index contributed by atoms with van der Waals surface area (Å²) < 4.78 is 0. The topological polar surface area (TPSA) is 20.3 Å². The van der Waals surface area contributed by atoms with Crippen LogP contribution in [-0.4, -0.2) is 10.8 Å². The van der Waals surface area contributed by atoms with Crippen LogP contribution in [0.3, 0.4) is 0 Å². The second-order valence-corrected chi connectivity index (χ2v) is 6.31. The number of fused-ring (bicyclic) bond motifs is 1.